The van der Waals surface area contributed by atoms with Gasteiger partial charge in [0.25, 0.3) is 0 Å². The van der Waals surface area contributed by atoms with E-state index in [9.17, 15) is 0 Å². The summed E-state index contributed by atoms with van der Waals surface area (Å²) in [7, 11) is 0. The van der Waals surface area contributed by atoms with Crippen LogP contribution in [0.3, 0.4) is 0 Å². The fourth-order valence-electron chi connectivity index (χ4n) is 1.61. The Balaban J connectivity index is 1.69. The third-order valence-corrected chi connectivity index (χ3v) is 4.08. The highest BCUT2D eigenvalue weighted by Gasteiger charge is 2.01. The number of hydrogen-bond donors (Lipinski definition) is 1. The zero-order chi connectivity index (χ0) is 13.7. The number of halogens is 2. The molecule has 1 N–H and O–H groups in total. The summed E-state index contributed by atoms with van der Waals surface area (Å²) in [5.41, 5.74) is 1.13. The predicted octanol–water partition coefficient (Wildman–Crippen LogP) is 4.53. The first-order valence-corrected chi connectivity index (χ1v) is 7.56. The standard InChI is InChI=1S/C14H15Cl2NOS/c1-10-2-4-13(12(15)8-10)18-7-6-17-9-11-3-5-14(16)19-11/h2-5,8,17H,6-7,9H2,1H3. The molecule has 2 nitrogen and oxygen atoms in total. The molecule has 0 bridgehead atoms. The fourth-order valence-corrected chi connectivity index (χ4v) is 2.96. The van der Waals surface area contributed by atoms with E-state index in [2.05, 4.69) is 5.32 Å². The van der Waals surface area contributed by atoms with Gasteiger partial charge in [0, 0.05) is 18.0 Å². The fraction of sp³-hybridized carbons (Fsp3) is 0.286. The minimum atomic E-state index is 0.585. The Kier molecular flexibility index (Phi) is 5.52. The number of benzene rings is 1. The molecule has 0 aliphatic rings. The molecule has 1 aromatic carbocycles. The molecular weight excluding hydrogens is 301 g/mol. The predicted molar refractivity (Wildman–Crippen MR) is 82.7 cm³/mol. The molecule has 5 heteroatoms. The molecule has 1 aromatic heterocycles. The summed E-state index contributed by atoms with van der Waals surface area (Å²) >= 11 is 13.5. The van der Waals surface area contributed by atoms with Crippen LogP contribution in [0.15, 0.2) is 30.3 Å². The number of nitrogens with one attached hydrogen (secondary N) is 1. The van der Waals surface area contributed by atoms with Gasteiger partial charge in [-0.15, -0.1) is 11.3 Å². The Morgan fingerprint density at radius 3 is 2.74 bits per heavy atom. The third-order valence-electron chi connectivity index (χ3n) is 2.55. The summed E-state index contributed by atoms with van der Waals surface area (Å²) in [4.78, 5) is 1.22. The molecule has 0 radical (unpaired) electrons. The molecule has 102 valence electrons. The van der Waals surface area contributed by atoms with Gasteiger partial charge in [0.2, 0.25) is 0 Å². The Labute approximate surface area is 127 Å². The first kappa shape index (κ1) is 14.7. The quantitative estimate of drug-likeness (QED) is 0.791. The van der Waals surface area contributed by atoms with Crippen LogP contribution in [0.1, 0.15) is 10.4 Å². The van der Waals surface area contributed by atoms with E-state index in [0.717, 1.165) is 28.7 Å². The first-order chi connectivity index (χ1) is 9.15. The summed E-state index contributed by atoms with van der Waals surface area (Å²) in [5, 5.41) is 3.96. The molecule has 19 heavy (non-hydrogen) atoms. The van der Waals surface area contributed by atoms with Crippen LogP contribution >= 0.6 is 34.5 Å². The summed E-state index contributed by atoms with van der Waals surface area (Å²) in [6.07, 6.45) is 0. The van der Waals surface area contributed by atoms with Crippen molar-refractivity contribution in [2.75, 3.05) is 13.2 Å². The number of hydrogen-bond acceptors (Lipinski definition) is 3. The maximum absolute atomic E-state index is 6.08. The van der Waals surface area contributed by atoms with Crippen molar-refractivity contribution in [1.29, 1.82) is 0 Å². The van der Waals surface area contributed by atoms with Crippen LogP contribution < -0.4 is 10.1 Å². The smallest absolute Gasteiger partial charge is 0.137 e. The topological polar surface area (TPSA) is 21.3 Å². The lowest BCUT2D eigenvalue weighted by Gasteiger charge is -2.09. The Bertz CT molecular complexity index is 542. The van der Waals surface area contributed by atoms with Crippen LogP contribution in [-0.4, -0.2) is 13.2 Å². The van der Waals surface area contributed by atoms with Gasteiger partial charge in [-0.2, -0.15) is 0 Å². The molecule has 0 amide bonds. The lowest BCUT2D eigenvalue weighted by Crippen LogP contribution is -2.20. The normalized spacial score (nSPS) is 10.7. The van der Waals surface area contributed by atoms with Crippen molar-refractivity contribution in [2.24, 2.45) is 0 Å². The van der Waals surface area contributed by atoms with Gasteiger partial charge in [-0.05, 0) is 36.8 Å². The van der Waals surface area contributed by atoms with Crippen molar-refractivity contribution >= 4 is 34.5 Å². The van der Waals surface area contributed by atoms with Gasteiger partial charge in [0.05, 0.1) is 9.36 Å². The lowest BCUT2D eigenvalue weighted by atomic mass is 10.2. The Morgan fingerprint density at radius 2 is 2.05 bits per heavy atom. The van der Waals surface area contributed by atoms with Crippen molar-refractivity contribution in [2.45, 2.75) is 13.5 Å². The van der Waals surface area contributed by atoms with Crippen molar-refractivity contribution < 1.29 is 4.74 Å². The van der Waals surface area contributed by atoms with Gasteiger partial charge < -0.3 is 10.1 Å². The van der Waals surface area contributed by atoms with E-state index in [0.29, 0.717) is 11.6 Å². The maximum atomic E-state index is 6.08. The lowest BCUT2D eigenvalue weighted by molar-refractivity contribution is 0.314. The van der Waals surface area contributed by atoms with Gasteiger partial charge >= 0.3 is 0 Å². The van der Waals surface area contributed by atoms with Gasteiger partial charge in [0.15, 0.2) is 0 Å². The highest BCUT2D eigenvalue weighted by atomic mass is 35.5. The molecule has 0 spiro atoms. The molecule has 2 aromatic rings. The number of aryl methyl sites for hydroxylation is 1. The minimum absolute atomic E-state index is 0.585. The second kappa shape index (κ2) is 7.15. The van der Waals surface area contributed by atoms with Crippen molar-refractivity contribution in [1.82, 2.24) is 5.32 Å². The number of thiophene rings is 1. The van der Waals surface area contributed by atoms with E-state index < -0.39 is 0 Å². The summed E-state index contributed by atoms with van der Waals surface area (Å²) in [6, 6.07) is 9.72. The van der Waals surface area contributed by atoms with E-state index in [4.69, 9.17) is 27.9 Å². The Hall–Kier alpha value is -0.740. The molecule has 0 unspecified atom stereocenters. The van der Waals surface area contributed by atoms with Crippen molar-refractivity contribution in [3.63, 3.8) is 0 Å². The first-order valence-electron chi connectivity index (χ1n) is 5.99. The monoisotopic (exact) mass is 315 g/mol. The molecule has 0 fully saturated rings. The van der Waals surface area contributed by atoms with Crippen LogP contribution in [0, 0.1) is 6.92 Å². The zero-order valence-electron chi connectivity index (χ0n) is 10.6. The van der Waals surface area contributed by atoms with Crippen LogP contribution in [0.4, 0.5) is 0 Å². The van der Waals surface area contributed by atoms with Crippen LogP contribution in [0.2, 0.25) is 9.36 Å². The highest BCUT2D eigenvalue weighted by Crippen LogP contribution is 2.25. The van der Waals surface area contributed by atoms with Gasteiger partial charge in [-0.25, -0.2) is 0 Å². The van der Waals surface area contributed by atoms with Crippen LogP contribution in [0.5, 0.6) is 5.75 Å². The molecule has 0 saturated heterocycles. The van der Waals surface area contributed by atoms with Crippen LogP contribution in [-0.2, 0) is 6.54 Å². The Morgan fingerprint density at radius 1 is 1.21 bits per heavy atom. The van der Waals surface area contributed by atoms with Crippen LogP contribution in [0.25, 0.3) is 0 Å². The van der Waals surface area contributed by atoms with E-state index in [1.807, 2.05) is 37.3 Å². The maximum Gasteiger partial charge on any atom is 0.137 e. The SMILES string of the molecule is Cc1ccc(OCCNCc2ccc(Cl)s2)c(Cl)c1. The third kappa shape index (κ3) is 4.69. The average molecular weight is 316 g/mol. The van der Waals surface area contributed by atoms with E-state index in [1.54, 1.807) is 11.3 Å². The van der Waals surface area contributed by atoms with Crippen molar-refractivity contribution in [3.8, 4) is 5.75 Å². The van der Waals surface area contributed by atoms with E-state index in [1.165, 1.54) is 4.88 Å². The van der Waals surface area contributed by atoms with Gasteiger partial charge in [0.1, 0.15) is 12.4 Å². The number of ether oxygens (including phenoxy) is 1. The van der Waals surface area contributed by atoms with Gasteiger partial charge in [-0.1, -0.05) is 29.3 Å². The van der Waals surface area contributed by atoms with E-state index in [-0.39, 0.29) is 0 Å². The zero-order valence-corrected chi connectivity index (χ0v) is 12.9. The largest absolute Gasteiger partial charge is 0.491 e. The molecular formula is C14H15Cl2NOS. The second-order valence-electron chi connectivity index (χ2n) is 4.16. The molecule has 0 aliphatic carbocycles. The highest BCUT2D eigenvalue weighted by molar-refractivity contribution is 7.16. The van der Waals surface area contributed by atoms with E-state index >= 15 is 0 Å². The second-order valence-corrected chi connectivity index (χ2v) is 6.37. The summed E-state index contributed by atoms with van der Waals surface area (Å²) in [6.45, 7) is 4.16. The molecule has 2 rings (SSSR count). The average Bonchev–Trinajstić information content (AvgIpc) is 2.77. The molecule has 0 atom stereocenters. The van der Waals surface area contributed by atoms with Crippen molar-refractivity contribution in [3.05, 3.63) is 50.1 Å². The summed E-state index contributed by atoms with van der Waals surface area (Å²) < 4.78 is 6.44. The molecule has 0 aliphatic heterocycles. The minimum Gasteiger partial charge on any atom is -0.491 e. The van der Waals surface area contributed by atoms with Gasteiger partial charge in [-0.3, -0.25) is 0 Å². The number of rotatable bonds is 6. The summed E-state index contributed by atoms with van der Waals surface area (Å²) in [5.74, 6) is 0.730. The molecule has 0 saturated carbocycles. The molecule has 1 heterocycles.